The van der Waals surface area contributed by atoms with E-state index in [1.165, 1.54) is 11.8 Å². The first-order valence-corrected chi connectivity index (χ1v) is 6.35. The van der Waals surface area contributed by atoms with Gasteiger partial charge in [-0.25, -0.2) is 4.68 Å². The minimum absolute atomic E-state index is 0.0813. The molecule has 1 aromatic heterocycles. The van der Waals surface area contributed by atoms with Gasteiger partial charge in [0.1, 0.15) is 0 Å². The van der Waals surface area contributed by atoms with Gasteiger partial charge in [0.25, 0.3) is 5.91 Å². The molecule has 0 radical (unpaired) electrons. The van der Waals surface area contributed by atoms with Crippen LogP contribution in [0.15, 0.2) is 29.4 Å². The number of aryl methyl sites for hydroxylation is 1. The van der Waals surface area contributed by atoms with Gasteiger partial charge in [0.15, 0.2) is 0 Å². The number of nitrogens with zero attached hydrogens (tertiary/aromatic N) is 4. The molecule has 18 heavy (non-hydrogen) atoms. The van der Waals surface area contributed by atoms with E-state index in [1.54, 1.807) is 24.8 Å². The Morgan fingerprint density at radius 2 is 2.33 bits per heavy atom. The number of thioether (sulfide) groups is 1. The highest BCUT2D eigenvalue weighted by Gasteiger charge is 2.06. The second-order valence-corrected chi connectivity index (χ2v) is 4.60. The fraction of sp³-hybridized carbons (Fsp3) is 0.273. The highest BCUT2D eigenvalue weighted by Crippen LogP contribution is 2.19. The summed E-state index contributed by atoms with van der Waals surface area (Å²) < 4.78 is 1.62. The SMILES string of the molecule is CNC(=O)c1cccc(CSc2nnnn2C)c1. The fourth-order valence-corrected chi connectivity index (χ4v) is 2.23. The molecule has 94 valence electrons. The molecule has 0 spiro atoms. The van der Waals surface area contributed by atoms with Crippen LogP contribution in [-0.2, 0) is 12.8 Å². The molecule has 0 fully saturated rings. The second-order valence-electron chi connectivity index (χ2n) is 3.65. The van der Waals surface area contributed by atoms with Gasteiger partial charge in [0, 0.05) is 25.4 Å². The van der Waals surface area contributed by atoms with E-state index in [4.69, 9.17) is 0 Å². The molecule has 1 heterocycles. The molecular weight excluding hydrogens is 250 g/mol. The Labute approximate surface area is 109 Å². The van der Waals surface area contributed by atoms with Gasteiger partial charge in [-0.2, -0.15) is 0 Å². The summed E-state index contributed by atoms with van der Waals surface area (Å²) in [6.45, 7) is 0. The van der Waals surface area contributed by atoms with Crippen LogP contribution in [0.2, 0.25) is 0 Å². The van der Waals surface area contributed by atoms with Gasteiger partial charge < -0.3 is 5.32 Å². The molecule has 0 unspecified atom stereocenters. The van der Waals surface area contributed by atoms with E-state index in [2.05, 4.69) is 20.8 Å². The second kappa shape index (κ2) is 5.63. The lowest BCUT2D eigenvalue weighted by Gasteiger charge is -2.03. The van der Waals surface area contributed by atoms with E-state index in [9.17, 15) is 4.79 Å². The predicted octanol–water partition coefficient (Wildman–Crippen LogP) is 0.862. The molecule has 0 aliphatic heterocycles. The normalized spacial score (nSPS) is 10.3. The molecule has 1 amide bonds. The third kappa shape index (κ3) is 2.86. The first-order valence-electron chi connectivity index (χ1n) is 5.37. The number of nitrogens with one attached hydrogen (secondary N) is 1. The minimum Gasteiger partial charge on any atom is -0.355 e. The third-order valence-electron chi connectivity index (χ3n) is 2.37. The largest absolute Gasteiger partial charge is 0.355 e. The summed E-state index contributed by atoms with van der Waals surface area (Å²) >= 11 is 1.53. The van der Waals surface area contributed by atoms with Crippen LogP contribution >= 0.6 is 11.8 Å². The Balaban J connectivity index is 2.06. The summed E-state index contributed by atoms with van der Waals surface area (Å²) in [7, 11) is 3.41. The van der Waals surface area contributed by atoms with Gasteiger partial charge in [-0.05, 0) is 28.1 Å². The molecular formula is C11H13N5OS. The summed E-state index contributed by atoms with van der Waals surface area (Å²) in [4.78, 5) is 11.5. The standard InChI is InChI=1S/C11H13N5OS/c1-12-10(17)9-5-3-4-8(6-9)7-18-11-13-14-15-16(11)2/h3-6H,7H2,1-2H3,(H,12,17). The highest BCUT2D eigenvalue weighted by atomic mass is 32.2. The lowest BCUT2D eigenvalue weighted by molar-refractivity contribution is 0.0963. The average Bonchev–Trinajstić information content (AvgIpc) is 2.81. The van der Waals surface area contributed by atoms with Crippen molar-refractivity contribution in [2.24, 2.45) is 7.05 Å². The van der Waals surface area contributed by atoms with Gasteiger partial charge in [0.2, 0.25) is 5.16 Å². The maximum Gasteiger partial charge on any atom is 0.251 e. The van der Waals surface area contributed by atoms with Crippen molar-refractivity contribution < 1.29 is 4.79 Å². The monoisotopic (exact) mass is 263 g/mol. The number of aromatic nitrogens is 4. The fourth-order valence-electron chi connectivity index (χ4n) is 1.44. The third-order valence-corrected chi connectivity index (χ3v) is 3.45. The van der Waals surface area contributed by atoms with Crippen molar-refractivity contribution >= 4 is 17.7 Å². The van der Waals surface area contributed by atoms with E-state index in [0.29, 0.717) is 5.56 Å². The van der Waals surface area contributed by atoms with Crippen molar-refractivity contribution in [3.63, 3.8) is 0 Å². The zero-order valence-corrected chi connectivity index (χ0v) is 10.9. The van der Waals surface area contributed by atoms with Gasteiger partial charge in [-0.1, -0.05) is 23.9 Å². The number of amides is 1. The number of hydrogen-bond acceptors (Lipinski definition) is 5. The number of carbonyl (C=O) groups excluding carboxylic acids is 1. The molecule has 2 aromatic rings. The summed E-state index contributed by atoms with van der Waals surface area (Å²) in [5.74, 6) is 0.640. The zero-order chi connectivity index (χ0) is 13.0. The van der Waals surface area contributed by atoms with Crippen molar-refractivity contribution in [3.05, 3.63) is 35.4 Å². The summed E-state index contributed by atoms with van der Waals surface area (Å²) in [5, 5.41) is 14.6. The minimum atomic E-state index is -0.0813. The van der Waals surface area contributed by atoms with Crippen LogP contribution in [0.25, 0.3) is 0 Å². The summed E-state index contributed by atoms with van der Waals surface area (Å²) in [5.41, 5.74) is 1.72. The van der Waals surface area contributed by atoms with Crippen LogP contribution in [-0.4, -0.2) is 33.2 Å². The Morgan fingerprint density at radius 1 is 1.50 bits per heavy atom. The number of benzene rings is 1. The van der Waals surface area contributed by atoms with Crippen LogP contribution in [0.1, 0.15) is 15.9 Å². The van der Waals surface area contributed by atoms with Gasteiger partial charge >= 0.3 is 0 Å². The molecule has 6 nitrogen and oxygen atoms in total. The van der Waals surface area contributed by atoms with E-state index in [-0.39, 0.29) is 5.91 Å². The summed E-state index contributed by atoms with van der Waals surface area (Å²) in [6, 6.07) is 7.51. The molecule has 0 saturated carbocycles. The van der Waals surface area contributed by atoms with Crippen LogP contribution in [0.3, 0.4) is 0 Å². The Morgan fingerprint density at radius 3 is 3.00 bits per heavy atom. The van der Waals surface area contributed by atoms with Crippen LogP contribution in [0.5, 0.6) is 0 Å². The first-order chi connectivity index (χ1) is 8.70. The molecule has 0 aliphatic carbocycles. The van der Waals surface area contributed by atoms with Gasteiger partial charge in [-0.3, -0.25) is 4.79 Å². The van der Waals surface area contributed by atoms with E-state index in [0.717, 1.165) is 16.5 Å². The van der Waals surface area contributed by atoms with Gasteiger partial charge in [-0.15, -0.1) is 5.10 Å². The molecule has 2 rings (SSSR count). The average molecular weight is 263 g/mol. The van der Waals surface area contributed by atoms with Gasteiger partial charge in [0.05, 0.1) is 0 Å². The Kier molecular flexibility index (Phi) is 3.93. The smallest absolute Gasteiger partial charge is 0.251 e. The van der Waals surface area contributed by atoms with Crippen LogP contribution in [0, 0.1) is 0 Å². The van der Waals surface area contributed by atoms with Crippen molar-refractivity contribution in [3.8, 4) is 0 Å². The van der Waals surface area contributed by atoms with Crippen LogP contribution in [0.4, 0.5) is 0 Å². The molecule has 0 bridgehead atoms. The molecule has 0 atom stereocenters. The maximum atomic E-state index is 11.5. The number of rotatable bonds is 4. The topological polar surface area (TPSA) is 72.7 Å². The van der Waals surface area contributed by atoms with E-state index >= 15 is 0 Å². The van der Waals surface area contributed by atoms with Crippen molar-refractivity contribution in [2.45, 2.75) is 10.9 Å². The predicted molar refractivity (Wildman–Crippen MR) is 68.2 cm³/mol. The Hall–Kier alpha value is -1.89. The van der Waals surface area contributed by atoms with Crippen molar-refractivity contribution in [1.82, 2.24) is 25.5 Å². The first kappa shape index (κ1) is 12.6. The number of tetrazole rings is 1. The maximum absolute atomic E-state index is 11.5. The lowest BCUT2D eigenvalue weighted by atomic mass is 10.1. The van der Waals surface area contributed by atoms with Crippen molar-refractivity contribution in [2.75, 3.05) is 7.05 Å². The van der Waals surface area contributed by atoms with Crippen LogP contribution < -0.4 is 5.32 Å². The number of hydrogen-bond donors (Lipinski definition) is 1. The van der Waals surface area contributed by atoms with Crippen molar-refractivity contribution in [1.29, 1.82) is 0 Å². The van der Waals surface area contributed by atoms with E-state index in [1.807, 2.05) is 18.2 Å². The lowest BCUT2D eigenvalue weighted by Crippen LogP contribution is -2.17. The number of carbonyl (C=O) groups is 1. The zero-order valence-electron chi connectivity index (χ0n) is 10.1. The molecule has 1 N–H and O–H groups in total. The quantitative estimate of drug-likeness (QED) is 0.828. The molecule has 1 aromatic carbocycles. The highest BCUT2D eigenvalue weighted by molar-refractivity contribution is 7.98. The molecule has 0 saturated heterocycles. The molecule has 7 heteroatoms. The summed E-state index contributed by atoms with van der Waals surface area (Å²) in [6.07, 6.45) is 0. The molecule has 0 aliphatic rings. The Bertz CT molecular complexity index is 554. The van der Waals surface area contributed by atoms with E-state index < -0.39 is 0 Å².